The highest BCUT2D eigenvalue weighted by Crippen LogP contribution is 2.31. The third-order valence-corrected chi connectivity index (χ3v) is 4.51. The minimum Gasteiger partial charge on any atom is -0.490 e. The summed E-state index contributed by atoms with van der Waals surface area (Å²) in [5.74, 6) is 1.05. The first-order chi connectivity index (χ1) is 12.8. The monoisotopic (exact) mass is 362 g/mol. The maximum Gasteiger partial charge on any atom is 0.138 e. The highest BCUT2D eigenvalue weighted by molar-refractivity contribution is 5.93. The number of H-pyrrole nitrogens is 1. The summed E-state index contributed by atoms with van der Waals surface area (Å²) in [6.45, 7) is 8.63. The molecule has 2 aromatic heterocycles. The normalized spacial score (nSPS) is 13.5. The van der Waals surface area contributed by atoms with Gasteiger partial charge in [-0.2, -0.15) is 5.26 Å². The molecule has 0 radical (unpaired) electrons. The fraction of sp³-hybridized carbons (Fsp3) is 0.364. The van der Waals surface area contributed by atoms with E-state index in [1.165, 1.54) is 0 Å². The van der Waals surface area contributed by atoms with Gasteiger partial charge in [-0.15, -0.1) is 0 Å². The van der Waals surface area contributed by atoms with Gasteiger partial charge in [-0.1, -0.05) is 19.9 Å². The van der Waals surface area contributed by atoms with Crippen LogP contribution >= 0.6 is 0 Å². The van der Waals surface area contributed by atoms with E-state index in [-0.39, 0.29) is 0 Å². The first-order valence-corrected chi connectivity index (χ1v) is 9.19. The summed E-state index contributed by atoms with van der Waals surface area (Å²) in [6, 6.07) is 12.0. The van der Waals surface area contributed by atoms with Gasteiger partial charge in [0.2, 0.25) is 0 Å². The molecular formula is C22H26N4O. The van der Waals surface area contributed by atoms with Crippen LogP contribution in [-0.4, -0.2) is 22.1 Å². The number of aromatic amines is 1. The number of nitriles is 1. The number of ether oxygens (including phenoxy) is 1. The fourth-order valence-corrected chi connectivity index (χ4v) is 3.55. The molecule has 3 aromatic rings. The highest BCUT2D eigenvalue weighted by Gasteiger charge is 2.22. The van der Waals surface area contributed by atoms with Gasteiger partial charge in [0.05, 0.1) is 5.56 Å². The number of nitrogens with two attached hydrogens (primary N) is 1. The van der Waals surface area contributed by atoms with Crippen LogP contribution in [0, 0.1) is 24.2 Å². The van der Waals surface area contributed by atoms with Gasteiger partial charge >= 0.3 is 0 Å². The average molecular weight is 362 g/mol. The molecule has 0 unspecified atom stereocenters. The molecule has 0 saturated carbocycles. The van der Waals surface area contributed by atoms with Crippen LogP contribution in [0.25, 0.3) is 22.2 Å². The van der Waals surface area contributed by atoms with Crippen LogP contribution in [-0.2, 0) is 0 Å². The number of nitrogens with one attached hydrogen (secondary N) is 1. The molecular weight excluding hydrogens is 336 g/mol. The zero-order valence-corrected chi connectivity index (χ0v) is 16.3. The lowest BCUT2D eigenvalue weighted by molar-refractivity contribution is 0.206. The summed E-state index contributed by atoms with van der Waals surface area (Å²) in [7, 11) is 0. The molecule has 5 nitrogen and oxygen atoms in total. The molecule has 140 valence electrons. The summed E-state index contributed by atoms with van der Waals surface area (Å²) in [6.07, 6.45) is 2.63. The maximum absolute atomic E-state index is 9.60. The SMILES string of the molecule is Cc1cc2c(-c3ccc(OC[C@@](C)(N)CC(C)C)c(C#N)c3)ccnc2[nH]1. The lowest BCUT2D eigenvalue weighted by Crippen LogP contribution is -2.43. The molecule has 0 aliphatic carbocycles. The molecule has 5 heteroatoms. The molecule has 1 atom stereocenters. The van der Waals surface area contributed by atoms with E-state index >= 15 is 0 Å². The van der Waals surface area contributed by atoms with Crippen molar-refractivity contribution < 1.29 is 4.74 Å². The topological polar surface area (TPSA) is 87.7 Å². The minimum atomic E-state index is -0.431. The van der Waals surface area contributed by atoms with E-state index in [9.17, 15) is 5.26 Å². The van der Waals surface area contributed by atoms with Crippen molar-refractivity contribution in [1.82, 2.24) is 9.97 Å². The third-order valence-electron chi connectivity index (χ3n) is 4.51. The Labute approximate surface area is 160 Å². The van der Waals surface area contributed by atoms with Gasteiger partial charge < -0.3 is 15.5 Å². The number of aryl methyl sites for hydroxylation is 1. The van der Waals surface area contributed by atoms with Crippen molar-refractivity contribution in [2.75, 3.05) is 6.61 Å². The Morgan fingerprint density at radius 1 is 1.30 bits per heavy atom. The molecule has 0 aliphatic heterocycles. The van der Waals surface area contributed by atoms with Crippen molar-refractivity contribution in [3.05, 3.63) is 47.8 Å². The number of pyridine rings is 1. The Balaban J connectivity index is 1.89. The Bertz CT molecular complexity index is 995. The van der Waals surface area contributed by atoms with E-state index in [0.717, 1.165) is 34.3 Å². The second-order valence-corrected chi connectivity index (χ2v) is 7.94. The molecule has 0 aliphatic rings. The van der Waals surface area contributed by atoms with Gasteiger partial charge in [0.1, 0.15) is 24.1 Å². The van der Waals surface area contributed by atoms with Crippen molar-refractivity contribution in [3.8, 4) is 22.9 Å². The first-order valence-electron chi connectivity index (χ1n) is 9.19. The van der Waals surface area contributed by atoms with Crippen LogP contribution in [0.15, 0.2) is 36.5 Å². The molecule has 0 saturated heterocycles. The van der Waals surface area contributed by atoms with Crippen LogP contribution in [0.1, 0.15) is 38.4 Å². The van der Waals surface area contributed by atoms with Gasteiger partial charge in [-0.25, -0.2) is 4.98 Å². The summed E-state index contributed by atoms with van der Waals surface area (Å²) in [5, 5.41) is 10.6. The molecule has 0 bridgehead atoms. The fourth-order valence-electron chi connectivity index (χ4n) is 3.55. The molecule has 2 heterocycles. The van der Waals surface area contributed by atoms with Gasteiger partial charge in [-0.3, -0.25) is 0 Å². The van der Waals surface area contributed by atoms with E-state index in [2.05, 4.69) is 36.0 Å². The smallest absolute Gasteiger partial charge is 0.138 e. The Hall–Kier alpha value is -2.84. The predicted molar refractivity (Wildman–Crippen MR) is 109 cm³/mol. The van der Waals surface area contributed by atoms with Gasteiger partial charge in [0.15, 0.2) is 0 Å². The Kier molecular flexibility index (Phi) is 5.20. The van der Waals surface area contributed by atoms with E-state index < -0.39 is 5.54 Å². The molecule has 3 N–H and O–H groups in total. The van der Waals surface area contributed by atoms with Crippen molar-refractivity contribution in [2.45, 2.75) is 39.7 Å². The largest absolute Gasteiger partial charge is 0.490 e. The second-order valence-electron chi connectivity index (χ2n) is 7.94. The standard InChI is InChI=1S/C22H26N4O/c1-14(2)11-22(4,24)13-27-20-6-5-16(10-17(20)12-23)18-7-8-25-21-19(18)9-15(3)26-21/h5-10,14H,11,13,24H2,1-4H3,(H,25,26)/t22-/m0/s1. The van der Waals surface area contributed by atoms with Gasteiger partial charge in [-0.05, 0) is 61.6 Å². The lowest BCUT2D eigenvalue weighted by atomic mass is 9.93. The van der Waals surface area contributed by atoms with E-state index in [4.69, 9.17) is 10.5 Å². The number of rotatable bonds is 6. The zero-order chi connectivity index (χ0) is 19.6. The van der Waals surface area contributed by atoms with E-state index in [0.29, 0.717) is 23.8 Å². The molecule has 0 amide bonds. The lowest BCUT2D eigenvalue weighted by Gasteiger charge is -2.26. The number of hydrogen-bond acceptors (Lipinski definition) is 4. The van der Waals surface area contributed by atoms with Gasteiger partial charge in [0.25, 0.3) is 0 Å². The molecule has 0 spiro atoms. The number of hydrogen-bond donors (Lipinski definition) is 2. The van der Waals surface area contributed by atoms with E-state index in [1.54, 1.807) is 6.20 Å². The first kappa shape index (κ1) is 18.9. The zero-order valence-electron chi connectivity index (χ0n) is 16.3. The van der Waals surface area contributed by atoms with Crippen LogP contribution in [0.4, 0.5) is 0 Å². The van der Waals surface area contributed by atoms with Crippen LogP contribution in [0.5, 0.6) is 5.75 Å². The molecule has 3 rings (SSSR count). The van der Waals surface area contributed by atoms with Crippen LogP contribution in [0.3, 0.4) is 0 Å². The van der Waals surface area contributed by atoms with Gasteiger partial charge in [0, 0.05) is 22.8 Å². The number of nitrogens with zero attached hydrogens (tertiary/aromatic N) is 2. The highest BCUT2D eigenvalue weighted by atomic mass is 16.5. The molecule has 0 fully saturated rings. The van der Waals surface area contributed by atoms with Crippen molar-refractivity contribution >= 4 is 11.0 Å². The Morgan fingerprint density at radius 2 is 2.07 bits per heavy atom. The van der Waals surface area contributed by atoms with Crippen LogP contribution in [0.2, 0.25) is 0 Å². The summed E-state index contributed by atoms with van der Waals surface area (Å²) in [4.78, 5) is 7.62. The summed E-state index contributed by atoms with van der Waals surface area (Å²) in [5.41, 5.74) is 10.3. The number of aromatic nitrogens is 2. The third kappa shape index (κ3) is 4.29. The number of fused-ring (bicyclic) bond motifs is 1. The average Bonchev–Trinajstić information content (AvgIpc) is 2.99. The molecule has 27 heavy (non-hydrogen) atoms. The van der Waals surface area contributed by atoms with Crippen LogP contribution < -0.4 is 10.5 Å². The molecule has 1 aromatic carbocycles. The van der Waals surface area contributed by atoms with E-state index in [1.807, 2.05) is 38.1 Å². The minimum absolute atomic E-state index is 0.371. The number of benzene rings is 1. The van der Waals surface area contributed by atoms with Crippen molar-refractivity contribution in [1.29, 1.82) is 5.26 Å². The maximum atomic E-state index is 9.60. The van der Waals surface area contributed by atoms with Crippen molar-refractivity contribution in [3.63, 3.8) is 0 Å². The van der Waals surface area contributed by atoms with Crippen molar-refractivity contribution in [2.24, 2.45) is 11.7 Å². The Morgan fingerprint density at radius 3 is 2.78 bits per heavy atom. The summed E-state index contributed by atoms with van der Waals surface area (Å²) >= 11 is 0. The second kappa shape index (κ2) is 7.42. The predicted octanol–water partition coefficient (Wildman–Crippen LogP) is 4.55. The quantitative estimate of drug-likeness (QED) is 0.673. The summed E-state index contributed by atoms with van der Waals surface area (Å²) < 4.78 is 5.91.